The van der Waals surface area contributed by atoms with Gasteiger partial charge in [-0.3, -0.25) is 4.79 Å². The van der Waals surface area contributed by atoms with E-state index in [1.165, 1.54) is 25.7 Å². The molecule has 4 aliphatic carbocycles. The molecule has 0 amide bonds. The van der Waals surface area contributed by atoms with Crippen LogP contribution in [-0.2, 0) is 9.53 Å². The molecular formula is C22H35NO2. The Morgan fingerprint density at radius 1 is 1.08 bits per heavy atom. The first-order chi connectivity index (χ1) is 12.0. The molecule has 6 atom stereocenters. The first kappa shape index (κ1) is 17.7. The van der Waals surface area contributed by atoms with Crippen molar-refractivity contribution in [2.24, 2.45) is 28.6 Å². The summed E-state index contributed by atoms with van der Waals surface area (Å²) in [5.41, 5.74) is 2.03. The van der Waals surface area contributed by atoms with E-state index in [0.717, 1.165) is 50.7 Å². The summed E-state index contributed by atoms with van der Waals surface area (Å²) >= 11 is 0. The van der Waals surface area contributed by atoms with Crippen molar-refractivity contribution in [1.82, 2.24) is 5.32 Å². The second kappa shape index (κ2) is 6.49. The van der Waals surface area contributed by atoms with E-state index in [1.54, 1.807) is 5.57 Å². The third-order valence-electron chi connectivity index (χ3n) is 8.46. The highest BCUT2D eigenvalue weighted by Crippen LogP contribution is 2.64. The van der Waals surface area contributed by atoms with E-state index in [0.29, 0.717) is 23.2 Å². The maximum atomic E-state index is 12.5. The van der Waals surface area contributed by atoms with Crippen molar-refractivity contribution in [3.05, 3.63) is 11.6 Å². The van der Waals surface area contributed by atoms with Gasteiger partial charge in [-0.25, -0.2) is 0 Å². The molecule has 0 aromatic rings. The summed E-state index contributed by atoms with van der Waals surface area (Å²) in [6, 6.07) is 0. The minimum Gasteiger partial charge on any atom is -0.373 e. The number of likely N-dealkylation sites (N-methyl/N-ethyl adjacent to an activating group) is 1. The van der Waals surface area contributed by atoms with Crippen LogP contribution in [0.3, 0.4) is 0 Å². The Hall–Kier alpha value is -0.670. The van der Waals surface area contributed by atoms with Gasteiger partial charge in [-0.1, -0.05) is 25.5 Å². The topological polar surface area (TPSA) is 38.3 Å². The molecule has 25 heavy (non-hydrogen) atoms. The van der Waals surface area contributed by atoms with Crippen LogP contribution in [-0.4, -0.2) is 32.1 Å². The molecule has 0 heterocycles. The average molecular weight is 346 g/mol. The first-order valence-electron chi connectivity index (χ1n) is 10.5. The molecule has 0 bridgehead atoms. The van der Waals surface area contributed by atoms with Gasteiger partial charge in [0.05, 0.1) is 12.7 Å². The van der Waals surface area contributed by atoms with Gasteiger partial charge in [0.15, 0.2) is 0 Å². The predicted octanol–water partition coefficient (Wildman–Crippen LogP) is 4.12. The summed E-state index contributed by atoms with van der Waals surface area (Å²) in [6.07, 6.45) is 12.1. The van der Waals surface area contributed by atoms with Crippen molar-refractivity contribution >= 4 is 5.78 Å². The van der Waals surface area contributed by atoms with Crippen molar-refractivity contribution < 1.29 is 9.53 Å². The molecule has 0 saturated heterocycles. The molecule has 0 aromatic carbocycles. The zero-order valence-corrected chi connectivity index (χ0v) is 16.3. The Bertz CT molecular complexity index is 570. The second-order valence-corrected chi connectivity index (χ2v) is 9.49. The third kappa shape index (κ3) is 2.73. The van der Waals surface area contributed by atoms with Crippen LogP contribution in [0.25, 0.3) is 0 Å². The number of carbonyl (C=O) groups excluding carboxylic acids is 1. The molecule has 140 valence electrons. The van der Waals surface area contributed by atoms with Crippen molar-refractivity contribution in [2.75, 3.05) is 20.2 Å². The summed E-state index contributed by atoms with van der Waals surface area (Å²) in [5.74, 6) is 2.77. The highest BCUT2D eigenvalue weighted by atomic mass is 16.5. The van der Waals surface area contributed by atoms with E-state index in [1.807, 2.05) is 7.05 Å². The number of fused-ring (bicyclic) bond motifs is 5. The number of ketones is 1. The molecule has 3 fully saturated rings. The van der Waals surface area contributed by atoms with Crippen molar-refractivity contribution in [3.63, 3.8) is 0 Å². The molecule has 6 unspecified atom stereocenters. The van der Waals surface area contributed by atoms with Crippen LogP contribution in [0.2, 0.25) is 0 Å². The fourth-order valence-electron chi connectivity index (χ4n) is 6.91. The number of allylic oxidation sites excluding steroid dienone is 1. The van der Waals surface area contributed by atoms with Crippen LogP contribution in [0.4, 0.5) is 0 Å². The molecule has 3 heteroatoms. The summed E-state index contributed by atoms with van der Waals surface area (Å²) in [5, 5.41) is 3.16. The van der Waals surface area contributed by atoms with Crippen LogP contribution >= 0.6 is 0 Å². The largest absolute Gasteiger partial charge is 0.373 e. The molecule has 3 saturated carbocycles. The minimum absolute atomic E-state index is 0.00616. The zero-order chi connectivity index (χ0) is 17.7. The predicted molar refractivity (Wildman–Crippen MR) is 100 cm³/mol. The van der Waals surface area contributed by atoms with Crippen LogP contribution in [0.1, 0.15) is 65.2 Å². The minimum atomic E-state index is 0.00616. The molecule has 0 aromatic heterocycles. The average Bonchev–Trinajstić information content (AvgIpc) is 2.90. The van der Waals surface area contributed by atoms with Gasteiger partial charge >= 0.3 is 0 Å². The van der Waals surface area contributed by atoms with Gasteiger partial charge in [0.1, 0.15) is 5.78 Å². The number of Topliss-reactive ketones (excluding diaryl/α,β-unsaturated/α-hetero) is 1. The Balaban J connectivity index is 1.53. The van der Waals surface area contributed by atoms with E-state index in [4.69, 9.17) is 4.74 Å². The van der Waals surface area contributed by atoms with Crippen molar-refractivity contribution in [1.29, 1.82) is 0 Å². The van der Waals surface area contributed by atoms with E-state index in [-0.39, 0.29) is 5.41 Å². The monoisotopic (exact) mass is 345 g/mol. The number of rotatable bonds is 4. The number of carbonyl (C=O) groups is 1. The van der Waals surface area contributed by atoms with Crippen molar-refractivity contribution in [2.45, 2.75) is 71.3 Å². The lowest BCUT2D eigenvalue weighted by Gasteiger charge is -2.57. The standard InChI is InChI=1S/C22H35NO2/c1-21-10-8-16(25-13-12-23-3)14-15(21)4-5-17-18-6-7-20(24)22(18,2)11-9-19(17)21/h14,16-19,23H,4-13H2,1-3H3. The maximum absolute atomic E-state index is 12.5. The Morgan fingerprint density at radius 2 is 1.84 bits per heavy atom. The Morgan fingerprint density at radius 3 is 2.64 bits per heavy atom. The Labute approximate surface area is 153 Å². The van der Waals surface area contributed by atoms with Gasteiger partial charge in [-0.05, 0) is 75.2 Å². The normalized spacial score (nSPS) is 46.2. The molecule has 1 N–H and O–H groups in total. The lowest BCUT2D eigenvalue weighted by molar-refractivity contribution is -0.132. The Kier molecular flexibility index (Phi) is 4.60. The van der Waals surface area contributed by atoms with E-state index in [2.05, 4.69) is 25.2 Å². The molecule has 0 spiro atoms. The summed E-state index contributed by atoms with van der Waals surface area (Å²) in [6.45, 7) is 6.54. The summed E-state index contributed by atoms with van der Waals surface area (Å²) < 4.78 is 6.07. The number of ether oxygens (including phenoxy) is 1. The van der Waals surface area contributed by atoms with Crippen molar-refractivity contribution in [3.8, 4) is 0 Å². The first-order valence-corrected chi connectivity index (χ1v) is 10.5. The highest BCUT2D eigenvalue weighted by molar-refractivity contribution is 5.87. The second-order valence-electron chi connectivity index (χ2n) is 9.49. The zero-order valence-electron chi connectivity index (χ0n) is 16.3. The fourth-order valence-corrected chi connectivity index (χ4v) is 6.91. The molecule has 0 aliphatic heterocycles. The molecule has 0 radical (unpaired) electrons. The quantitative estimate of drug-likeness (QED) is 0.615. The molecular weight excluding hydrogens is 310 g/mol. The van der Waals surface area contributed by atoms with Gasteiger partial charge in [0, 0.05) is 18.4 Å². The van der Waals surface area contributed by atoms with Gasteiger partial charge in [-0.2, -0.15) is 0 Å². The lowest BCUT2D eigenvalue weighted by atomic mass is 9.47. The van der Waals surface area contributed by atoms with Crippen LogP contribution < -0.4 is 5.32 Å². The van der Waals surface area contributed by atoms with Crippen LogP contribution in [0.15, 0.2) is 11.6 Å². The smallest absolute Gasteiger partial charge is 0.139 e. The number of hydrogen-bond donors (Lipinski definition) is 1. The van der Waals surface area contributed by atoms with E-state index in [9.17, 15) is 4.79 Å². The van der Waals surface area contributed by atoms with Gasteiger partial charge < -0.3 is 10.1 Å². The maximum Gasteiger partial charge on any atom is 0.139 e. The number of nitrogens with one attached hydrogen (secondary N) is 1. The van der Waals surface area contributed by atoms with Gasteiger partial charge in [-0.15, -0.1) is 0 Å². The number of hydrogen-bond acceptors (Lipinski definition) is 3. The molecule has 4 rings (SSSR count). The molecule has 3 nitrogen and oxygen atoms in total. The van der Waals surface area contributed by atoms with E-state index >= 15 is 0 Å². The fraction of sp³-hybridized carbons (Fsp3) is 0.864. The van der Waals surface area contributed by atoms with Crippen LogP contribution in [0, 0.1) is 28.6 Å². The van der Waals surface area contributed by atoms with Gasteiger partial charge in [0.2, 0.25) is 0 Å². The SMILES string of the molecule is CNCCOC1C=C2CCC3C4CCC(=O)C4(C)CCC3C2(C)CC1. The van der Waals surface area contributed by atoms with Gasteiger partial charge in [0.25, 0.3) is 0 Å². The third-order valence-corrected chi connectivity index (χ3v) is 8.46. The highest BCUT2D eigenvalue weighted by Gasteiger charge is 2.58. The summed E-state index contributed by atoms with van der Waals surface area (Å²) in [7, 11) is 1.98. The van der Waals surface area contributed by atoms with Crippen LogP contribution in [0.5, 0.6) is 0 Å². The van der Waals surface area contributed by atoms with E-state index < -0.39 is 0 Å². The molecule has 4 aliphatic rings. The lowest BCUT2D eigenvalue weighted by Crippen LogP contribution is -2.50. The summed E-state index contributed by atoms with van der Waals surface area (Å²) in [4.78, 5) is 12.5.